The van der Waals surface area contributed by atoms with Crippen LogP contribution in [0.4, 0.5) is 10.2 Å². The van der Waals surface area contributed by atoms with Crippen molar-refractivity contribution in [2.45, 2.75) is 37.5 Å². The molecular formula is C19H22ClFN5O7P. The predicted molar refractivity (Wildman–Crippen MR) is 118 cm³/mol. The Bertz CT molecular complexity index is 1210. The Balaban J connectivity index is 1.56. The second kappa shape index (κ2) is 9.80. The van der Waals surface area contributed by atoms with Gasteiger partial charge in [0.2, 0.25) is 5.28 Å². The summed E-state index contributed by atoms with van der Waals surface area (Å²) in [5, 5.41) is 24.5. The highest BCUT2D eigenvalue weighted by Crippen LogP contribution is 2.37. The number of fused-ring (bicyclic) bond motifs is 1. The third kappa shape index (κ3) is 5.37. The van der Waals surface area contributed by atoms with Crippen LogP contribution < -0.4 is 5.32 Å². The van der Waals surface area contributed by atoms with Crippen molar-refractivity contribution in [1.29, 1.82) is 0 Å². The highest BCUT2D eigenvalue weighted by atomic mass is 35.5. The second-order valence-electron chi connectivity index (χ2n) is 7.78. The summed E-state index contributed by atoms with van der Waals surface area (Å²) in [6, 6.07) is 4.14. The summed E-state index contributed by atoms with van der Waals surface area (Å²) in [7, 11) is -4.39. The molecular weight excluding hydrogens is 496 g/mol. The van der Waals surface area contributed by atoms with E-state index in [1.165, 1.54) is 16.7 Å². The molecule has 1 fully saturated rings. The maximum Gasteiger partial charge on any atom is 0.350 e. The number of rotatable bonds is 8. The summed E-state index contributed by atoms with van der Waals surface area (Å²) in [5.74, 6) is -0.0924. The van der Waals surface area contributed by atoms with Crippen LogP contribution in [0.25, 0.3) is 11.0 Å². The fourth-order valence-corrected chi connectivity index (χ4v) is 4.14. The number of pyridine rings is 1. The van der Waals surface area contributed by atoms with Gasteiger partial charge in [0.15, 0.2) is 6.23 Å². The van der Waals surface area contributed by atoms with Crippen LogP contribution in [-0.2, 0) is 14.0 Å². The van der Waals surface area contributed by atoms with Gasteiger partial charge in [-0.15, -0.1) is 0 Å². The number of anilines is 1. The Hall–Kier alpha value is -2.22. The Morgan fingerprint density at radius 3 is 2.74 bits per heavy atom. The average molecular weight is 518 g/mol. The maximum atomic E-state index is 13.2. The molecule has 5 N–H and O–H groups in total. The van der Waals surface area contributed by atoms with Gasteiger partial charge >= 0.3 is 7.60 Å². The number of nitrogens with one attached hydrogen (secondary N) is 1. The van der Waals surface area contributed by atoms with Gasteiger partial charge in [-0.2, -0.15) is 4.98 Å². The van der Waals surface area contributed by atoms with Gasteiger partial charge in [-0.3, -0.25) is 9.55 Å². The highest BCUT2D eigenvalue weighted by Gasteiger charge is 2.44. The molecule has 4 heterocycles. The first kappa shape index (κ1) is 24.9. The first-order valence-corrected chi connectivity index (χ1v) is 12.3. The zero-order valence-corrected chi connectivity index (χ0v) is 19.3. The molecule has 184 valence electrons. The van der Waals surface area contributed by atoms with Gasteiger partial charge in [0.25, 0.3) is 0 Å². The summed E-state index contributed by atoms with van der Waals surface area (Å²) >= 11 is 6.13. The Morgan fingerprint density at radius 1 is 1.29 bits per heavy atom. The van der Waals surface area contributed by atoms with Gasteiger partial charge < -0.3 is 39.4 Å². The van der Waals surface area contributed by atoms with E-state index in [4.69, 9.17) is 30.9 Å². The SMILES string of the molecule is C[C@H](Nc1nc(Cl)nc2c1ccn2[C@@H]1O[C@H](COCP(=O)(O)O)[C@@H](O)[C@H]1O)c1ccc(F)cn1. The van der Waals surface area contributed by atoms with E-state index in [1.807, 2.05) is 6.92 Å². The minimum absolute atomic E-state index is 0.0937. The number of halogens is 2. The number of aliphatic hydroxyl groups excluding tert-OH is 2. The molecule has 0 bridgehead atoms. The van der Waals surface area contributed by atoms with Crippen molar-refractivity contribution < 1.29 is 38.4 Å². The van der Waals surface area contributed by atoms with Gasteiger partial charge in [0.1, 0.15) is 41.9 Å². The van der Waals surface area contributed by atoms with Crippen molar-refractivity contribution in [3.63, 3.8) is 0 Å². The van der Waals surface area contributed by atoms with E-state index in [9.17, 15) is 19.2 Å². The van der Waals surface area contributed by atoms with Crippen LogP contribution >= 0.6 is 19.2 Å². The number of nitrogens with zero attached hydrogens (tertiary/aromatic N) is 4. The lowest BCUT2D eigenvalue weighted by atomic mass is 10.1. The van der Waals surface area contributed by atoms with Crippen molar-refractivity contribution in [3.05, 3.63) is 47.4 Å². The third-order valence-corrected chi connectivity index (χ3v) is 5.93. The average Bonchev–Trinajstić information content (AvgIpc) is 3.29. The molecule has 1 aliphatic rings. The van der Waals surface area contributed by atoms with E-state index in [-0.39, 0.29) is 17.9 Å². The minimum Gasteiger partial charge on any atom is -0.387 e. The number of aromatic nitrogens is 4. The topological polar surface area (TPSA) is 172 Å². The van der Waals surface area contributed by atoms with Gasteiger partial charge in [0, 0.05) is 6.20 Å². The molecule has 1 saturated heterocycles. The highest BCUT2D eigenvalue weighted by molar-refractivity contribution is 7.51. The van der Waals surface area contributed by atoms with Crippen molar-refractivity contribution in [2.75, 3.05) is 18.3 Å². The molecule has 1 aliphatic heterocycles. The number of hydrogen-bond donors (Lipinski definition) is 5. The number of hydrogen-bond acceptors (Lipinski definition) is 9. The van der Waals surface area contributed by atoms with Crippen LogP contribution in [0.5, 0.6) is 0 Å². The molecule has 0 radical (unpaired) electrons. The van der Waals surface area contributed by atoms with Gasteiger partial charge in [-0.05, 0) is 36.7 Å². The van der Waals surface area contributed by atoms with E-state index < -0.39 is 44.3 Å². The first-order valence-electron chi connectivity index (χ1n) is 10.1. The lowest BCUT2D eigenvalue weighted by Crippen LogP contribution is -2.33. The summed E-state index contributed by atoms with van der Waals surface area (Å²) < 4.78 is 36.2. The molecule has 4 rings (SSSR count). The molecule has 0 saturated carbocycles. The van der Waals surface area contributed by atoms with E-state index in [0.717, 1.165) is 6.20 Å². The maximum absolute atomic E-state index is 13.2. The molecule has 0 amide bonds. The largest absolute Gasteiger partial charge is 0.387 e. The zero-order chi connectivity index (χ0) is 24.6. The number of ether oxygens (including phenoxy) is 2. The van der Waals surface area contributed by atoms with Crippen LogP contribution in [-0.4, -0.2) is 70.8 Å². The summed E-state index contributed by atoms with van der Waals surface area (Å²) in [4.78, 5) is 30.3. The summed E-state index contributed by atoms with van der Waals surface area (Å²) in [6.07, 6.45) is -3.04. The molecule has 15 heteroatoms. The fourth-order valence-electron chi connectivity index (χ4n) is 3.63. The molecule has 0 spiro atoms. The molecule has 3 aromatic heterocycles. The van der Waals surface area contributed by atoms with Crippen LogP contribution in [0.3, 0.4) is 0 Å². The number of aliphatic hydroxyl groups is 2. The Labute approximate surface area is 197 Å². The smallest absolute Gasteiger partial charge is 0.350 e. The van der Waals surface area contributed by atoms with Crippen molar-refractivity contribution >= 4 is 36.0 Å². The van der Waals surface area contributed by atoms with Gasteiger partial charge in [-0.1, -0.05) is 0 Å². The quantitative estimate of drug-likeness (QED) is 0.217. The standard InChI is InChI=1S/C19H22ClFN5O7P/c1-9(12-3-2-10(21)6-22-12)23-16-11-4-5-26(17(11)25-19(20)24-16)18-15(28)14(27)13(33-18)7-32-8-34(29,30)31/h2-6,9,13-15,18,27-28H,7-8H2,1H3,(H,23,24,25)(H2,29,30,31)/t9-,13+,14+,15+,18+/m0/s1. The first-order chi connectivity index (χ1) is 16.0. The molecule has 12 nitrogen and oxygen atoms in total. The van der Waals surface area contributed by atoms with Crippen LogP contribution in [0, 0.1) is 5.82 Å². The van der Waals surface area contributed by atoms with E-state index >= 15 is 0 Å². The molecule has 0 aromatic carbocycles. The summed E-state index contributed by atoms with van der Waals surface area (Å²) in [5.41, 5.74) is 0.870. The van der Waals surface area contributed by atoms with Gasteiger partial charge in [0.05, 0.1) is 29.9 Å². The molecule has 5 atom stereocenters. The lowest BCUT2D eigenvalue weighted by Gasteiger charge is -2.18. The van der Waals surface area contributed by atoms with E-state index in [2.05, 4.69) is 20.3 Å². The lowest BCUT2D eigenvalue weighted by molar-refractivity contribution is -0.0610. The van der Waals surface area contributed by atoms with Crippen molar-refractivity contribution in [1.82, 2.24) is 19.5 Å². The Morgan fingerprint density at radius 2 is 2.06 bits per heavy atom. The molecule has 0 unspecified atom stereocenters. The molecule has 0 aliphatic carbocycles. The molecule has 3 aromatic rings. The fraction of sp³-hybridized carbons (Fsp3) is 0.421. The van der Waals surface area contributed by atoms with Crippen molar-refractivity contribution in [2.24, 2.45) is 0 Å². The van der Waals surface area contributed by atoms with Crippen LogP contribution in [0.1, 0.15) is 24.9 Å². The van der Waals surface area contributed by atoms with E-state index in [0.29, 0.717) is 22.5 Å². The normalized spacial score (nSPS) is 24.0. The molecule has 34 heavy (non-hydrogen) atoms. The second-order valence-corrected chi connectivity index (χ2v) is 9.71. The summed E-state index contributed by atoms with van der Waals surface area (Å²) in [6.45, 7) is 1.46. The van der Waals surface area contributed by atoms with E-state index in [1.54, 1.807) is 12.3 Å². The minimum atomic E-state index is -4.39. The van der Waals surface area contributed by atoms with Gasteiger partial charge in [-0.25, -0.2) is 9.37 Å². The van der Waals surface area contributed by atoms with Crippen LogP contribution in [0.15, 0.2) is 30.6 Å². The van der Waals surface area contributed by atoms with Crippen molar-refractivity contribution in [3.8, 4) is 0 Å². The Kier molecular flexibility index (Phi) is 7.17. The zero-order valence-electron chi connectivity index (χ0n) is 17.7. The van der Waals surface area contributed by atoms with Crippen LogP contribution in [0.2, 0.25) is 5.28 Å². The monoisotopic (exact) mass is 517 g/mol. The third-order valence-electron chi connectivity index (χ3n) is 5.24. The predicted octanol–water partition coefficient (Wildman–Crippen LogP) is 1.56.